The maximum atomic E-state index is 5.47. The van der Waals surface area contributed by atoms with Crippen LogP contribution in [0.4, 0.5) is 0 Å². The van der Waals surface area contributed by atoms with Gasteiger partial charge in [-0.2, -0.15) is 0 Å². The van der Waals surface area contributed by atoms with Crippen molar-refractivity contribution in [3.63, 3.8) is 0 Å². The van der Waals surface area contributed by atoms with Gasteiger partial charge in [-0.3, -0.25) is 0 Å². The Morgan fingerprint density at radius 1 is 1.17 bits per heavy atom. The lowest BCUT2D eigenvalue weighted by Crippen LogP contribution is -2.31. The molecule has 106 valence electrons. The summed E-state index contributed by atoms with van der Waals surface area (Å²) in [5.41, 5.74) is 1.48. The van der Waals surface area contributed by atoms with Gasteiger partial charge in [0.2, 0.25) is 0 Å². The third-order valence-electron chi connectivity index (χ3n) is 3.71. The molecule has 0 fully saturated rings. The van der Waals surface area contributed by atoms with Gasteiger partial charge >= 0.3 is 0 Å². The molecule has 0 aromatic heterocycles. The van der Waals surface area contributed by atoms with E-state index in [2.05, 4.69) is 19.2 Å². The van der Waals surface area contributed by atoms with E-state index >= 15 is 0 Å². The van der Waals surface area contributed by atoms with Crippen molar-refractivity contribution in [1.82, 2.24) is 5.32 Å². The van der Waals surface area contributed by atoms with Crippen LogP contribution in [0.1, 0.15) is 71.6 Å². The summed E-state index contributed by atoms with van der Waals surface area (Å²) in [5, 5.41) is 3.61. The Balaban J connectivity index is 2.19. The maximum absolute atomic E-state index is 5.47. The molecule has 0 aromatic carbocycles. The second-order valence-corrected chi connectivity index (χ2v) is 5.33. The number of unbranched alkanes of at least 4 members (excludes halogenated alkanes) is 5. The van der Waals surface area contributed by atoms with Gasteiger partial charge in [0, 0.05) is 6.04 Å². The van der Waals surface area contributed by atoms with Gasteiger partial charge in [0.15, 0.2) is 0 Å². The normalized spacial score (nSPS) is 17.1. The zero-order chi connectivity index (χ0) is 13.1. The molecule has 18 heavy (non-hydrogen) atoms. The van der Waals surface area contributed by atoms with Crippen molar-refractivity contribution in [1.29, 1.82) is 0 Å². The minimum Gasteiger partial charge on any atom is -0.501 e. The van der Waals surface area contributed by atoms with Crippen molar-refractivity contribution in [2.75, 3.05) is 13.2 Å². The quantitative estimate of drug-likeness (QED) is 0.582. The van der Waals surface area contributed by atoms with Crippen LogP contribution in [-0.2, 0) is 4.74 Å². The summed E-state index contributed by atoms with van der Waals surface area (Å²) in [6, 6.07) is 0.557. The molecule has 1 heterocycles. The Hall–Kier alpha value is -0.500. The molecule has 0 spiro atoms. The molecule has 1 aliphatic rings. The Morgan fingerprint density at radius 2 is 1.94 bits per heavy atom. The first-order valence-electron chi connectivity index (χ1n) is 7.92. The van der Waals surface area contributed by atoms with E-state index in [0.717, 1.165) is 13.2 Å². The SMILES string of the molecule is CCCCCCCCC(NCC)C1=COCCC1. The van der Waals surface area contributed by atoms with Crippen LogP contribution in [0.3, 0.4) is 0 Å². The fraction of sp³-hybridized carbons (Fsp3) is 0.875. The van der Waals surface area contributed by atoms with Crippen molar-refractivity contribution in [2.45, 2.75) is 77.7 Å². The Labute approximate surface area is 113 Å². The van der Waals surface area contributed by atoms with Crippen LogP contribution < -0.4 is 5.32 Å². The average molecular weight is 253 g/mol. The van der Waals surface area contributed by atoms with Gasteiger partial charge in [0.05, 0.1) is 12.9 Å². The highest BCUT2D eigenvalue weighted by Gasteiger charge is 2.15. The number of rotatable bonds is 10. The second kappa shape index (κ2) is 10.4. The monoisotopic (exact) mass is 253 g/mol. The third kappa shape index (κ3) is 6.44. The lowest BCUT2D eigenvalue weighted by atomic mass is 9.96. The molecule has 0 aliphatic carbocycles. The summed E-state index contributed by atoms with van der Waals surface area (Å²) >= 11 is 0. The lowest BCUT2D eigenvalue weighted by molar-refractivity contribution is 0.218. The minimum atomic E-state index is 0.557. The maximum Gasteiger partial charge on any atom is 0.0876 e. The fourth-order valence-electron chi connectivity index (χ4n) is 2.63. The highest BCUT2D eigenvalue weighted by atomic mass is 16.5. The Kier molecular flexibility index (Phi) is 9.01. The van der Waals surface area contributed by atoms with Crippen LogP contribution in [0.2, 0.25) is 0 Å². The molecule has 1 rings (SSSR count). The van der Waals surface area contributed by atoms with E-state index in [4.69, 9.17) is 4.74 Å². The third-order valence-corrected chi connectivity index (χ3v) is 3.71. The summed E-state index contributed by atoms with van der Waals surface area (Å²) in [7, 11) is 0. The number of hydrogen-bond donors (Lipinski definition) is 1. The molecule has 0 radical (unpaired) electrons. The number of nitrogens with one attached hydrogen (secondary N) is 1. The van der Waals surface area contributed by atoms with Crippen LogP contribution in [0.25, 0.3) is 0 Å². The molecular formula is C16H31NO. The molecule has 2 heteroatoms. The molecule has 1 atom stereocenters. The standard InChI is InChI=1S/C16H31NO/c1-3-5-6-7-8-9-12-16(17-4-2)15-11-10-13-18-14-15/h14,16-17H,3-13H2,1-2H3. The van der Waals surface area contributed by atoms with Crippen molar-refractivity contribution in [3.05, 3.63) is 11.8 Å². The molecular weight excluding hydrogens is 222 g/mol. The molecule has 1 aliphatic heterocycles. The van der Waals surface area contributed by atoms with Gasteiger partial charge < -0.3 is 10.1 Å². The molecule has 0 saturated heterocycles. The number of hydrogen-bond acceptors (Lipinski definition) is 2. The second-order valence-electron chi connectivity index (χ2n) is 5.33. The van der Waals surface area contributed by atoms with E-state index < -0.39 is 0 Å². The summed E-state index contributed by atoms with van der Waals surface area (Å²) in [5.74, 6) is 0. The van der Waals surface area contributed by atoms with Gasteiger partial charge in [0.25, 0.3) is 0 Å². The summed E-state index contributed by atoms with van der Waals surface area (Å²) in [4.78, 5) is 0. The van der Waals surface area contributed by atoms with Crippen molar-refractivity contribution in [3.8, 4) is 0 Å². The van der Waals surface area contributed by atoms with Crippen LogP contribution in [0, 0.1) is 0 Å². The van der Waals surface area contributed by atoms with Gasteiger partial charge in [-0.15, -0.1) is 0 Å². The summed E-state index contributed by atoms with van der Waals surface area (Å²) < 4.78 is 5.47. The number of likely N-dealkylation sites (N-methyl/N-ethyl adjacent to an activating group) is 1. The molecule has 1 N–H and O–H groups in total. The predicted molar refractivity (Wildman–Crippen MR) is 78.7 cm³/mol. The highest BCUT2D eigenvalue weighted by Crippen LogP contribution is 2.20. The van der Waals surface area contributed by atoms with Crippen LogP contribution in [0.5, 0.6) is 0 Å². The number of ether oxygens (including phenoxy) is 1. The zero-order valence-electron chi connectivity index (χ0n) is 12.3. The van der Waals surface area contributed by atoms with Gasteiger partial charge in [-0.1, -0.05) is 52.4 Å². The largest absolute Gasteiger partial charge is 0.501 e. The predicted octanol–water partition coefficient (Wildman–Crippen LogP) is 4.41. The summed E-state index contributed by atoms with van der Waals surface area (Å²) in [6.45, 7) is 6.42. The lowest BCUT2D eigenvalue weighted by Gasteiger charge is -2.24. The smallest absolute Gasteiger partial charge is 0.0876 e. The minimum absolute atomic E-state index is 0.557. The molecule has 0 aromatic rings. The molecule has 0 saturated carbocycles. The molecule has 1 unspecified atom stereocenters. The highest BCUT2D eigenvalue weighted by molar-refractivity contribution is 5.09. The molecule has 0 amide bonds. The average Bonchev–Trinajstić information content (AvgIpc) is 2.42. The zero-order valence-corrected chi connectivity index (χ0v) is 12.3. The van der Waals surface area contributed by atoms with Crippen LogP contribution >= 0.6 is 0 Å². The van der Waals surface area contributed by atoms with Crippen LogP contribution in [-0.4, -0.2) is 19.2 Å². The molecule has 0 bridgehead atoms. The topological polar surface area (TPSA) is 21.3 Å². The van der Waals surface area contributed by atoms with Crippen molar-refractivity contribution >= 4 is 0 Å². The van der Waals surface area contributed by atoms with E-state index in [0.29, 0.717) is 6.04 Å². The van der Waals surface area contributed by atoms with Gasteiger partial charge in [-0.25, -0.2) is 0 Å². The van der Waals surface area contributed by atoms with E-state index in [-0.39, 0.29) is 0 Å². The Bertz CT molecular complexity index is 225. The van der Waals surface area contributed by atoms with Crippen LogP contribution in [0.15, 0.2) is 11.8 Å². The van der Waals surface area contributed by atoms with E-state index in [1.807, 2.05) is 6.26 Å². The van der Waals surface area contributed by atoms with E-state index in [9.17, 15) is 0 Å². The van der Waals surface area contributed by atoms with E-state index in [1.165, 1.54) is 63.4 Å². The van der Waals surface area contributed by atoms with Gasteiger partial charge in [-0.05, 0) is 31.4 Å². The Morgan fingerprint density at radius 3 is 2.61 bits per heavy atom. The van der Waals surface area contributed by atoms with Gasteiger partial charge in [0.1, 0.15) is 0 Å². The summed E-state index contributed by atoms with van der Waals surface area (Å²) in [6.07, 6.45) is 14.0. The first-order valence-corrected chi connectivity index (χ1v) is 7.92. The van der Waals surface area contributed by atoms with E-state index in [1.54, 1.807) is 0 Å². The first-order chi connectivity index (χ1) is 8.88. The first kappa shape index (κ1) is 15.6. The fourth-order valence-corrected chi connectivity index (χ4v) is 2.63. The molecule has 2 nitrogen and oxygen atoms in total. The van der Waals surface area contributed by atoms with Crippen molar-refractivity contribution in [2.24, 2.45) is 0 Å². The van der Waals surface area contributed by atoms with Crippen molar-refractivity contribution < 1.29 is 4.74 Å².